The number of hydrogen-bond acceptors (Lipinski definition) is 6. The standard InChI is InChI=1S/C25H24Cl2F3NO5/c1-14(32)5-6-16(13-31-3)24(34,25(28,29)30)15(2)19-9-7-17(11-21(19)26)36-18-8-10-20(22(27)12-18)23(33)35-4/h5-13,15,31,34H,1-4H3/b6-5-,16-13+/t15-,24-/m1/s1. The minimum Gasteiger partial charge on any atom is -0.465 e. The number of benzene rings is 2. The molecule has 0 saturated heterocycles. The molecular formula is C25H24Cl2F3NO5. The number of nitrogens with one attached hydrogen (secondary N) is 1. The van der Waals surface area contributed by atoms with Gasteiger partial charge in [0.2, 0.25) is 0 Å². The Labute approximate surface area is 216 Å². The highest BCUT2D eigenvalue weighted by Gasteiger charge is 2.59. The van der Waals surface area contributed by atoms with Crippen molar-refractivity contribution >= 4 is 35.0 Å². The summed E-state index contributed by atoms with van der Waals surface area (Å²) in [7, 11) is 2.58. The molecule has 0 aromatic heterocycles. The van der Waals surface area contributed by atoms with Gasteiger partial charge in [-0.25, -0.2) is 4.79 Å². The number of halogens is 5. The zero-order valence-electron chi connectivity index (χ0n) is 19.7. The van der Waals surface area contributed by atoms with Crippen LogP contribution in [-0.4, -0.2) is 42.8 Å². The Hall–Kier alpha value is -3.01. The number of ether oxygens (including phenoxy) is 2. The van der Waals surface area contributed by atoms with E-state index >= 15 is 0 Å². The van der Waals surface area contributed by atoms with Gasteiger partial charge >= 0.3 is 12.1 Å². The van der Waals surface area contributed by atoms with Crippen LogP contribution < -0.4 is 10.1 Å². The van der Waals surface area contributed by atoms with Gasteiger partial charge in [0, 0.05) is 35.8 Å². The van der Waals surface area contributed by atoms with Gasteiger partial charge in [-0.1, -0.05) is 42.3 Å². The molecule has 0 spiro atoms. The molecule has 6 nitrogen and oxygen atoms in total. The maximum absolute atomic E-state index is 14.2. The van der Waals surface area contributed by atoms with Gasteiger partial charge in [0.25, 0.3) is 0 Å². The number of rotatable bonds is 9. The average molecular weight is 546 g/mol. The number of carbonyl (C=O) groups excluding carboxylic acids is 2. The summed E-state index contributed by atoms with van der Waals surface area (Å²) in [6.07, 6.45) is -2.30. The van der Waals surface area contributed by atoms with Gasteiger partial charge in [0.1, 0.15) is 11.5 Å². The van der Waals surface area contributed by atoms with E-state index in [2.05, 4.69) is 10.1 Å². The van der Waals surface area contributed by atoms with Crippen LogP contribution in [0.4, 0.5) is 13.2 Å². The summed E-state index contributed by atoms with van der Waals surface area (Å²) in [5.74, 6) is -2.28. The summed E-state index contributed by atoms with van der Waals surface area (Å²) in [5, 5.41) is 13.4. The zero-order chi connectivity index (χ0) is 27.3. The molecule has 0 unspecified atom stereocenters. The van der Waals surface area contributed by atoms with Gasteiger partial charge in [-0.05, 0) is 42.8 Å². The van der Waals surface area contributed by atoms with E-state index in [-0.39, 0.29) is 32.7 Å². The van der Waals surface area contributed by atoms with Crippen molar-refractivity contribution in [2.45, 2.75) is 31.5 Å². The average Bonchev–Trinajstić information content (AvgIpc) is 2.79. The van der Waals surface area contributed by atoms with E-state index in [9.17, 15) is 27.9 Å². The molecule has 194 valence electrons. The maximum Gasteiger partial charge on any atom is 0.422 e. The van der Waals surface area contributed by atoms with Crippen LogP contribution in [0.5, 0.6) is 11.5 Å². The second-order valence-corrected chi connectivity index (χ2v) is 8.55. The third kappa shape index (κ3) is 6.40. The lowest BCUT2D eigenvalue weighted by Crippen LogP contribution is -2.51. The molecule has 2 aromatic rings. The number of hydrogen-bond donors (Lipinski definition) is 2. The normalized spacial score (nSPS) is 14.8. The highest BCUT2D eigenvalue weighted by Crippen LogP contribution is 2.48. The molecule has 0 aliphatic rings. The summed E-state index contributed by atoms with van der Waals surface area (Å²) >= 11 is 12.4. The number of allylic oxidation sites excluding steroid dienone is 1. The van der Waals surface area contributed by atoms with E-state index in [0.717, 1.165) is 18.4 Å². The fourth-order valence-electron chi connectivity index (χ4n) is 3.43. The smallest absolute Gasteiger partial charge is 0.422 e. The summed E-state index contributed by atoms with van der Waals surface area (Å²) in [6, 6.07) is 8.20. The molecule has 0 aliphatic carbocycles. The number of carbonyl (C=O) groups is 2. The molecule has 0 heterocycles. The SMILES string of the molecule is CN/C=C(\C=C/C(C)=O)[C@](O)([C@H](C)c1ccc(Oc2ccc(C(=O)OC)c(Cl)c2)cc1Cl)C(F)(F)F. The van der Waals surface area contributed by atoms with Gasteiger partial charge in [-0.3, -0.25) is 4.79 Å². The molecular weight excluding hydrogens is 522 g/mol. The molecule has 2 aromatic carbocycles. The lowest BCUT2D eigenvalue weighted by Gasteiger charge is -2.37. The van der Waals surface area contributed by atoms with Crippen LogP contribution in [0, 0.1) is 0 Å². The fraction of sp³-hybridized carbons (Fsp3) is 0.280. The number of methoxy groups -OCH3 is 1. The van der Waals surface area contributed by atoms with Crippen LogP contribution in [0.3, 0.4) is 0 Å². The third-order valence-electron chi connectivity index (χ3n) is 5.32. The number of esters is 1. The Balaban J connectivity index is 2.45. The van der Waals surface area contributed by atoms with Crippen LogP contribution in [0.15, 0.2) is 60.3 Å². The van der Waals surface area contributed by atoms with Crippen molar-refractivity contribution in [2.24, 2.45) is 0 Å². The number of alkyl halides is 3. The monoisotopic (exact) mass is 545 g/mol. The maximum atomic E-state index is 14.2. The minimum absolute atomic E-state index is 0.0128. The van der Waals surface area contributed by atoms with Crippen molar-refractivity contribution in [3.05, 3.63) is 81.5 Å². The molecule has 0 radical (unpaired) electrons. The lowest BCUT2D eigenvalue weighted by atomic mass is 9.77. The zero-order valence-corrected chi connectivity index (χ0v) is 21.3. The molecule has 36 heavy (non-hydrogen) atoms. The molecule has 2 atom stereocenters. The molecule has 0 saturated carbocycles. The van der Waals surface area contributed by atoms with Crippen LogP contribution in [-0.2, 0) is 9.53 Å². The first-order valence-electron chi connectivity index (χ1n) is 10.5. The molecule has 0 fully saturated rings. The topological polar surface area (TPSA) is 84.9 Å². The molecule has 0 amide bonds. The van der Waals surface area contributed by atoms with Crippen molar-refractivity contribution in [1.29, 1.82) is 0 Å². The Kier molecular flexibility index (Phi) is 9.59. The Morgan fingerprint density at radius 2 is 1.64 bits per heavy atom. The van der Waals surface area contributed by atoms with Gasteiger partial charge in [0.15, 0.2) is 11.4 Å². The Morgan fingerprint density at radius 3 is 2.11 bits per heavy atom. The van der Waals surface area contributed by atoms with Gasteiger partial charge in [-0.2, -0.15) is 13.2 Å². The van der Waals surface area contributed by atoms with Crippen LogP contribution in [0.25, 0.3) is 0 Å². The highest BCUT2D eigenvalue weighted by atomic mass is 35.5. The quantitative estimate of drug-likeness (QED) is 0.221. The van der Waals surface area contributed by atoms with Crippen LogP contribution in [0.1, 0.15) is 35.7 Å². The number of ketones is 1. The third-order valence-corrected chi connectivity index (χ3v) is 5.96. The Bertz CT molecular complexity index is 1200. The molecule has 2 rings (SSSR count). The summed E-state index contributed by atoms with van der Waals surface area (Å²) < 4.78 is 53.0. The van der Waals surface area contributed by atoms with E-state index in [1.54, 1.807) is 0 Å². The van der Waals surface area contributed by atoms with Crippen LogP contribution >= 0.6 is 23.2 Å². The summed E-state index contributed by atoms with van der Waals surface area (Å²) in [6.45, 7) is 2.35. The van der Waals surface area contributed by atoms with E-state index in [0.29, 0.717) is 0 Å². The predicted molar refractivity (Wildman–Crippen MR) is 131 cm³/mol. The molecule has 0 aliphatic heterocycles. The van der Waals surface area contributed by atoms with Gasteiger partial charge in [0.05, 0.1) is 17.7 Å². The first-order chi connectivity index (χ1) is 16.8. The first kappa shape index (κ1) is 29.2. The van der Waals surface area contributed by atoms with Crippen molar-refractivity contribution in [1.82, 2.24) is 5.32 Å². The fourth-order valence-corrected chi connectivity index (χ4v) is 4.01. The van der Waals surface area contributed by atoms with Crippen molar-refractivity contribution in [3.63, 3.8) is 0 Å². The van der Waals surface area contributed by atoms with Crippen LogP contribution in [0.2, 0.25) is 10.0 Å². The van der Waals surface area contributed by atoms with E-state index in [1.807, 2.05) is 0 Å². The largest absolute Gasteiger partial charge is 0.465 e. The molecule has 11 heteroatoms. The summed E-state index contributed by atoms with van der Waals surface area (Å²) in [5.41, 5.74) is -3.84. The first-order valence-corrected chi connectivity index (χ1v) is 11.2. The van der Waals surface area contributed by atoms with E-state index in [1.165, 1.54) is 64.4 Å². The minimum atomic E-state index is -5.12. The van der Waals surface area contributed by atoms with Crippen molar-refractivity contribution in [2.75, 3.05) is 14.2 Å². The van der Waals surface area contributed by atoms with Crippen molar-refractivity contribution < 1.29 is 37.3 Å². The second kappa shape index (κ2) is 11.8. The highest BCUT2D eigenvalue weighted by molar-refractivity contribution is 6.33. The van der Waals surface area contributed by atoms with E-state index < -0.39 is 35.0 Å². The predicted octanol–water partition coefficient (Wildman–Crippen LogP) is 6.22. The van der Waals surface area contributed by atoms with Gasteiger partial charge in [-0.15, -0.1) is 0 Å². The number of aliphatic hydroxyl groups is 1. The molecule has 0 bridgehead atoms. The molecule has 2 N–H and O–H groups in total. The van der Waals surface area contributed by atoms with E-state index in [4.69, 9.17) is 27.9 Å². The summed E-state index contributed by atoms with van der Waals surface area (Å²) in [4.78, 5) is 23.0. The second-order valence-electron chi connectivity index (χ2n) is 7.74. The Morgan fingerprint density at radius 1 is 1.06 bits per heavy atom. The van der Waals surface area contributed by atoms with Crippen molar-refractivity contribution in [3.8, 4) is 11.5 Å². The van der Waals surface area contributed by atoms with Gasteiger partial charge < -0.3 is 19.9 Å². The lowest BCUT2D eigenvalue weighted by molar-refractivity contribution is -0.250.